The van der Waals surface area contributed by atoms with E-state index in [0.717, 1.165) is 5.69 Å². The van der Waals surface area contributed by atoms with Crippen LogP contribution in [-0.2, 0) is 0 Å². The van der Waals surface area contributed by atoms with Crippen LogP contribution in [0.1, 0.15) is 0 Å². The van der Waals surface area contributed by atoms with Gasteiger partial charge in [-0.3, -0.25) is 0 Å². The highest BCUT2D eigenvalue weighted by atomic mass is 35.5. The van der Waals surface area contributed by atoms with E-state index < -0.39 is 0 Å². The van der Waals surface area contributed by atoms with E-state index in [4.69, 9.17) is 11.6 Å². The van der Waals surface area contributed by atoms with Crippen LogP contribution in [0.5, 0.6) is 0 Å². The molecule has 0 N–H and O–H groups in total. The molecule has 1 heterocycles. The third kappa shape index (κ3) is 1.36. The quantitative estimate of drug-likeness (QED) is 0.630. The molecule has 0 unspecified atom stereocenters. The number of aromatic nitrogens is 1. The minimum Gasteiger partial charge on any atom is -0.323 e. The van der Waals surface area contributed by atoms with Crippen LogP contribution < -0.4 is 0 Å². The number of nitrogens with zero attached hydrogens (tertiary/aromatic N) is 1. The van der Waals surface area contributed by atoms with Gasteiger partial charge in [-0.15, -0.1) is 0 Å². The Hall–Kier alpha value is -1.21. The van der Waals surface area contributed by atoms with Crippen molar-refractivity contribution in [3.05, 3.63) is 53.8 Å². The molecule has 59 valence electrons. The van der Waals surface area contributed by atoms with E-state index in [1.807, 2.05) is 41.2 Å². The zero-order valence-corrected chi connectivity index (χ0v) is 7.12. The monoisotopic (exact) mass is 176 g/mol. The predicted octanol–water partition coefficient (Wildman–Crippen LogP) is 2.93. The summed E-state index contributed by atoms with van der Waals surface area (Å²) >= 11 is 5.73. The first-order chi connectivity index (χ1) is 5.86. The van der Waals surface area contributed by atoms with Crippen LogP contribution in [0.4, 0.5) is 0 Å². The maximum Gasteiger partial charge on any atom is 0.0529 e. The highest BCUT2D eigenvalue weighted by Crippen LogP contribution is 2.12. The molecule has 0 saturated heterocycles. The second-order valence-electron chi connectivity index (χ2n) is 2.48. The molecule has 0 fully saturated rings. The number of hydrogen-bond acceptors (Lipinski definition) is 0. The zero-order chi connectivity index (χ0) is 8.39. The molecule has 2 heteroatoms. The van der Waals surface area contributed by atoms with Crippen molar-refractivity contribution >= 4 is 11.6 Å². The first-order valence-corrected chi connectivity index (χ1v) is 4.04. The van der Waals surface area contributed by atoms with Crippen molar-refractivity contribution < 1.29 is 0 Å². The maximum atomic E-state index is 5.73. The Morgan fingerprint density at radius 3 is 2.50 bits per heavy atom. The summed E-state index contributed by atoms with van der Waals surface area (Å²) in [4.78, 5) is 0. The maximum absolute atomic E-state index is 5.73. The van der Waals surface area contributed by atoms with Crippen LogP contribution in [0.3, 0.4) is 0 Å². The van der Waals surface area contributed by atoms with Gasteiger partial charge < -0.3 is 4.57 Å². The van der Waals surface area contributed by atoms with Gasteiger partial charge in [0.2, 0.25) is 0 Å². The number of rotatable bonds is 1. The van der Waals surface area contributed by atoms with Gasteiger partial charge in [-0.25, -0.2) is 0 Å². The second-order valence-corrected chi connectivity index (χ2v) is 2.92. The summed E-state index contributed by atoms with van der Waals surface area (Å²) in [7, 11) is 0. The topological polar surface area (TPSA) is 4.93 Å². The first kappa shape index (κ1) is 7.44. The molecule has 0 aliphatic carbocycles. The fourth-order valence-corrected chi connectivity index (χ4v) is 1.17. The molecule has 1 aromatic heterocycles. The van der Waals surface area contributed by atoms with E-state index in [2.05, 4.69) is 6.07 Å². The molecule has 1 nitrogen and oxygen atoms in total. The van der Waals surface area contributed by atoms with Crippen LogP contribution in [-0.4, -0.2) is 4.57 Å². The smallest absolute Gasteiger partial charge is 0.0529 e. The number of hydrogen-bond donors (Lipinski definition) is 0. The average molecular weight is 177 g/mol. The van der Waals surface area contributed by atoms with Crippen LogP contribution in [0, 0.1) is 6.07 Å². The molecule has 0 aliphatic rings. The summed E-state index contributed by atoms with van der Waals surface area (Å²) in [6.45, 7) is 0. The summed E-state index contributed by atoms with van der Waals surface area (Å²) < 4.78 is 1.98. The largest absolute Gasteiger partial charge is 0.323 e. The number of benzene rings is 1. The van der Waals surface area contributed by atoms with Crippen molar-refractivity contribution in [2.75, 3.05) is 0 Å². The predicted molar refractivity (Wildman–Crippen MR) is 49.6 cm³/mol. The van der Waals surface area contributed by atoms with Crippen molar-refractivity contribution in [2.24, 2.45) is 0 Å². The Balaban J connectivity index is 2.43. The summed E-state index contributed by atoms with van der Waals surface area (Å²) in [5.41, 5.74) is 1.00. The lowest BCUT2D eigenvalue weighted by atomic mass is 10.3. The SMILES string of the molecule is Clc1c[c]c(-n2cccc2)cc1. The third-order valence-corrected chi connectivity index (χ3v) is 1.88. The Labute approximate surface area is 76.2 Å². The van der Waals surface area contributed by atoms with Crippen molar-refractivity contribution in [3.63, 3.8) is 0 Å². The van der Waals surface area contributed by atoms with Gasteiger partial charge in [0.15, 0.2) is 0 Å². The first-order valence-electron chi connectivity index (χ1n) is 3.67. The van der Waals surface area contributed by atoms with E-state index in [1.54, 1.807) is 6.07 Å². The van der Waals surface area contributed by atoms with Crippen LogP contribution >= 0.6 is 11.6 Å². The van der Waals surface area contributed by atoms with E-state index in [9.17, 15) is 0 Å². The molecule has 0 saturated carbocycles. The summed E-state index contributed by atoms with van der Waals surface area (Å²) in [6.07, 6.45) is 3.94. The van der Waals surface area contributed by atoms with Gasteiger partial charge in [0.05, 0.1) is 5.69 Å². The lowest BCUT2D eigenvalue weighted by molar-refractivity contribution is 1.08. The molecule has 0 bridgehead atoms. The Kier molecular flexibility index (Phi) is 1.88. The molecular weight excluding hydrogens is 170 g/mol. The van der Waals surface area contributed by atoms with Crippen molar-refractivity contribution in [2.45, 2.75) is 0 Å². The van der Waals surface area contributed by atoms with Crippen molar-refractivity contribution in [1.29, 1.82) is 0 Å². The van der Waals surface area contributed by atoms with E-state index in [1.165, 1.54) is 0 Å². The lowest BCUT2D eigenvalue weighted by Gasteiger charge is -2.00. The average Bonchev–Trinajstić information content (AvgIpc) is 2.58. The van der Waals surface area contributed by atoms with Gasteiger partial charge in [-0.2, -0.15) is 0 Å². The fraction of sp³-hybridized carbons (Fsp3) is 0. The Bertz CT molecular complexity index is 348. The minimum absolute atomic E-state index is 0.714. The van der Waals surface area contributed by atoms with Gasteiger partial charge in [-0.05, 0) is 30.3 Å². The molecule has 0 aliphatic heterocycles. The van der Waals surface area contributed by atoms with Gasteiger partial charge >= 0.3 is 0 Å². The molecule has 1 aromatic carbocycles. The Morgan fingerprint density at radius 1 is 1.17 bits per heavy atom. The van der Waals surface area contributed by atoms with Gasteiger partial charge in [0.1, 0.15) is 0 Å². The summed E-state index contributed by atoms with van der Waals surface area (Å²) in [6, 6.07) is 12.6. The summed E-state index contributed by atoms with van der Waals surface area (Å²) in [5.74, 6) is 0. The molecule has 2 aromatic rings. The highest BCUT2D eigenvalue weighted by Gasteiger charge is 1.93. The van der Waals surface area contributed by atoms with Crippen LogP contribution in [0.2, 0.25) is 5.02 Å². The fourth-order valence-electron chi connectivity index (χ4n) is 1.05. The molecule has 0 spiro atoms. The van der Waals surface area contributed by atoms with Gasteiger partial charge in [0, 0.05) is 23.5 Å². The third-order valence-electron chi connectivity index (χ3n) is 1.64. The van der Waals surface area contributed by atoms with Crippen LogP contribution in [0.25, 0.3) is 5.69 Å². The van der Waals surface area contributed by atoms with Crippen LogP contribution in [0.15, 0.2) is 42.7 Å². The second kappa shape index (κ2) is 3.03. The molecule has 1 radical (unpaired) electrons. The molecule has 0 atom stereocenters. The molecular formula is C10H7ClN. The molecule has 0 amide bonds. The van der Waals surface area contributed by atoms with Gasteiger partial charge in [0.25, 0.3) is 0 Å². The summed E-state index contributed by atoms with van der Waals surface area (Å²) in [5, 5.41) is 0.714. The van der Waals surface area contributed by atoms with Crippen molar-refractivity contribution in [1.82, 2.24) is 4.57 Å². The van der Waals surface area contributed by atoms with E-state index in [0.29, 0.717) is 5.02 Å². The van der Waals surface area contributed by atoms with E-state index >= 15 is 0 Å². The normalized spacial score (nSPS) is 10.1. The standard InChI is InChI=1S/C10H7ClN/c11-9-3-5-10(6-4-9)12-7-1-2-8-12/h1-5,7-8H. The van der Waals surface area contributed by atoms with E-state index in [-0.39, 0.29) is 0 Å². The Morgan fingerprint density at radius 2 is 1.92 bits per heavy atom. The molecule has 2 rings (SSSR count). The van der Waals surface area contributed by atoms with Crippen molar-refractivity contribution in [3.8, 4) is 5.69 Å². The lowest BCUT2D eigenvalue weighted by Crippen LogP contribution is -1.87. The molecule has 12 heavy (non-hydrogen) atoms. The number of halogens is 1. The minimum atomic E-state index is 0.714. The highest BCUT2D eigenvalue weighted by molar-refractivity contribution is 6.30. The zero-order valence-electron chi connectivity index (χ0n) is 6.37. The van der Waals surface area contributed by atoms with Gasteiger partial charge in [-0.1, -0.05) is 11.6 Å².